The minimum atomic E-state index is -0.369. The number of hydroxylamine groups is 1. The lowest BCUT2D eigenvalue weighted by molar-refractivity contribution is 0.157. The highest BCUT2D eigenvalue weighted by molar-refractivity contribution is 6.34. The van der Waals surface area contributed by atoms with E-state index >= 15 is 0 Å². The maximum absolute atomic E-state index is 11.1. The van der Waals surface area contributed by atoms with E-state index < -0.39 is 0 Å². The lowest BCUT2D eigenvalue weighted by Crippen LogP contribution is -2.36. The molecule has 0 fully saturated rings. The van der Waals surface area contributed by atoms with E-state index in [-0.39, 0.29) is 6.03 Å². The van der Waals surface area contributed by atoms with Crippen molar-refractivity contribution in [2.45, 2.75) is 0 Å². The number of benzene rings is 1. The van der Waals surface area contributed by atoms with E-state index in [0.29, 0.717) is 15.8 Å². The number of carbonyl (C=O) groups is 1. The van der Waals surface area contributed by atoms with Crippen LogP contribution >= 0.6 is 23.2 Å². The van der Waals surface area contributed by atoms with Crippen molar-refractivity contribution in [3.63, 3.8) is 0 Å². The van der Waals surface area contributed by atoms with Crippen LogP contribution in [0.3, 0.4) is 0 Å². The molecule has 15 heavy (non-hydrogen) atoms. The van der Waals surface area contributed by atoms with E-state index in [0.717, 1.165) is 0 Å². The number of nitrogens with zero attached hydrogens (tertiary/aromatic N) is 1. The minimum absolute atomic E-state index is 0.369. The molecule has 0 saturated heterocycles. The number of rotatable bonds is 2. The smallest absolute Gasteiger partial charge is 0.349 e. The van der Waals surface area contributed by atoms with Crippen LogP contribution < -0.4 is 10.3 Å². The first kappa shape index (κ1) is 11.9. The molecule has 1 aromatic rings. The van der Waals surface area contributed by atoms with Crippen LogP contribution in [0.2, 0.25) is 10.0 Å². The average molecular weight is 249 g/mol. The van der Waals surface area contributed by atoms with Crippen molar-refractivity contribution in [3.8, 4) is 5.75 Å². The summed E-state index contributed by atoms with van der Waals surface area (Å²) in [6.45, 7) is 0. The van der Waals surface area contributed by atoms with Crippen LogP contribution in [0.25, 0.3) is 0 Å². The fourth-order valence-corrected chi connectivity index (χ4v) is 1.29. The van der Waals surface area contributed by atoms with Crippen molar-refractivity contribution in [3.05, 3.63) is 28.2 Å². The first-order valence-corrected chi connectivity index (χ1v) is 4.85. The maximum atomic E-state index is 11.1. The van der Waals surface area contributed by atoms with Crippen LogP contribution in [-0.4, -0.2) is 25.0 Å². The summed E-state index contributed by atoms with van der Waals surface area (Å²) in [6.07, 6.45) is 0. The van der Waals surface area contributed by atoms with E-state index in [9.17, 15) is 4.79 Å². The Kier molecular flexibility index (Phi) is 4.05. The van der Waals surface area contributed by atoms with Gasteiger partial charge in [0, 0.05) is 36.3 Å². The first-order chi connectivity index (χ1) is 6.99. The zero-order valence-electron chi connectivity index (χ0n) is 8.25. The van der Waals surface area contributed by atoms with Gasteiger partial charge < -0.3 is 9.74 Å². The molecule has 4 nitrogen and oxygen atoms in total. The zero-order chi connectivity index (χ0) is 11.4. The molecule has 1 aromatic carbocycles. The van der Waals surface area contributed by atoms with E-state index in [1.807, 2.05) is 0 Å². The average Bonchev–Trinajstić information content (AvgIpc) is 2.12. The van der Waals surface area contributed by atoms with Gasteiger partial charge >= 0.3 is 6.03 Å². The van der Waals surface area contributed by atoms with Crippen LogP contribution in [0.4, 0.5) is 4.79 Å². The SMILES string of the molecule is CN(C)C(=O)NOc1cc(Cl)cc(Cl)c1. The van der Waals surface area contributed by atoms with Crippen LogP contribution in [0.1, 0.15) is 0 Å². The molecule has 0 bridgehead atoms. The number of hydrogen-bond acceptors (Lipinski definition) is 2. The van der Waals surface area contributed by atoms with Crippen molar-refractivity contribution >= 4 is 29.2 Å². The second-order valence-electron chi connectivity index (χ2n) is 3.01. The largest absolute Gasteiger partial charge is 0.378 e. The van der Waals surface area contributed by atoms with Gasteiger partial charge in [-0.25, -0.2) is 4.79 Å². The van der Waals surface area contributed by atoms with Crippen LogP contribution in [0, 0.1) is 0 Å². The Morgan fingerprint density at radius 2 is 1.80 bits per heavy atom. The third-order valence-electron chi connectivity index (χ3n) is 1.50. The molecule has 2 amide bonds. The number of nitrogens with one attached hydrogen (secondary N) is 1. The summed E-state index contributed by atoms with van der Waals surface area (Å²) in [5, 5.41) is 0.883. The molecule has 6 heteroatoms. The highest BCUT2D eigenvalue weighted by Crippen LogP contribution is 2.23. The second kappa shape index (κ2) is 5.09. The standard InChI is InChI=1S/C9H10Cl2N2O2/c1-13(2)9(14)12-15-8-4-6(10)3-7(11)5-8/h3-5H,1-2H3,(H,12,14). The zero-order valence-corrected chi connectivity index (χ0v) is 9.76. The van der Waals surface area contributed by atoms with E-state index in [2.05, 4.69) is 5.48 Å². The molecule has 0 saturated carbocycles. The van der Waals surface area contributed by atoms with Gasteiger partial charge in [0.1, 0.15) is 0 Å². The molecule has 0 unspecified atom stereocenters. The maximum Gasteiger partial charge on any atom is 0.349 e. The van der Waals surface area contributed by atoms with Crippen molar-refractivity contribution in [1.29, 1.82) is 0 Å². The monoisotopic (exact) mass is 248 g/mol. The van der Waals surface area contributed by atoms with Gasteiger partial charge in [-0.3, -0.25) is 0 Å². The fraction of sp³-hybridized carbons (Fsp3) is 0.222. The molecule has 0 atom stereocenters. The van der Waals surface area contributed by atoms with Gasteiger partial charge in [-0.05, 0) is 6.07 Å². The summed E-state index contributed by atoms with van der Waals surface area (Å²) in [4.78, 5) is 17.4. The highest BCUT2D eigenvalue weighted by Gasteiger charge is 2.04. The van der Waals surface area contributed by atoms with E-state index in [1.54, 1.807) is 32.3 Å². The van der Waals surface area contributed by atoms with Crippen molar-refractivity contribution in [1.82, 2.24) is 10.4 Å². The Bertz CT molecular complexity index is 349. The molecular formula is C9H10Cl2N2O2. The van der Waals surface area contributed by atoms with Gasteiger partial charge in [0.15, 0.2) is 5.75 Å². The second-order valence-corrected chi connectivity index (χ2v) is 3.88. The van der Waals surface area contributed by atoms with Crippen LogP contribution in [-0.2, 0) is 0 Å². The number of urea groups is 1. The van der Waals surface area contributed by atoms with Gasteiger partial charge in [0.2, 0.25) is 0 Å². The molecule has 0 aromatic heterocycles. The van der Waals surface area contributed by atoms with Crippen molar-refractivity contribution in [2.24, 2.45) is 0 Å². The van der Waals surface area contributed by atoms with Crippen LogP contribution in [0.15, 0.2) is 18.2 Å². The van der Waals surface area contributed by atoms with Crippen molar-refractivity contribution < 1.29 is 9.63 Å². The first-order valence-electron chi connectivity index (χ1n) is 4.09. The molecular weight excluding hydrogens is 239 g/mol. The number of amides is 2. The highest BCUT2D eigenvalue weighted by atomic mass is 35.5. The molecule has 1 rings (SSSR count). The molecule has 0 radical (unpaired) electrons. The van der Waals surface area contributed by atoms with Gasteiger partial charge in [-0.1, -0.05) is 23.2 Å². The van der Waals surface area contributed by atoms with Gasteiger partial charge in [0.05, 0.1) is 0 Å². The Labute approximate surface area is 97.7 Å². The lowest BCUT2D eigenvalue weighted by Gasteiger charge is -2.12. The molecule has 0 aliphatic carbocycles. The molecule has 0 spiro atoms. The van der Waals surface area contributed by atoms with Crippen molar-refractivity contribution in [2.75, 3.05) is 14.1 Å². The fourth-order valence-electron chi connectivity index (χ4n) is 0.781. The minimum Gasteiger partial charge on any atom is -0.378 e. The quantitative estimate of drug-likeness (QED) is 0.818. The predicted molar refractivity (Wildman–Crippen MR) is 59.3 cm³/mol. The molecule has 0 aliphatic rings. The van der Waals surface area contributed by atoms with E-state index in [1.165, 1.54) is 4.90 Å². The summed E-state index contributed by atoms with van der Waals surface area (Å²) in [5.41, 5.74) is 2.22. The Morgan fingerprint density at radius 1 is 1.27 bits per heavy atom. The summed E-state index contributed by atoms with van der Waals surface area (Å²) in [7, 11) is 3.20. The van der Waals surface area contributed by atoms with Crippen LogP contribution in [0.5, 0.6) is 5.75 Å². The molecule has 0 aliphatic heterocycles. The van der Waals surface area contributed by atoms with Gasteiger partial charge in [-0.2, -0.15) is 5.48 Å². The molecule has 82 valence electrons. The van der Waals surface area contributed by atoms with Gasteiger partial charge in [0.25, 0.3) is 0 Å². The summed E-state index contributed by atoms with van der Waals surface area (Å²) >= 11 is 11.5. The molecule has 1 N–H and O–H groups in total. The lowest BCUT2D eigenvalue weighted by atomic mass is 10.3. The number of carbonyl (C=O) groups excluding carboxylic acids is 1. The topological polar surface area (TPSA) is 41.6 Å². The number of halogens is 2. The summed E-state index contributed by atoms with van der Waals surface area (Å²) in [6, 6.07) is 4.29. The normalized spacial score (nSPS) is 9.60. The van der Waals surface area contributed by atoms with E-state index in [4.69, 9.17) is 28.0 Å². The summed E-state index contributed by atoms with van der Waals surface area (Å²) < 4.78 is 0. The molecule has 0 heterocycles. The third-order valence-corrected chi connectivity index (χ3v) is 1.93. The van der Waals surface area contributed by atoms with Gasteiger partial charge in [-0.15, -0.1) is 0 Å². The Morgan fingerprint density at radius 3 is 2.27 bits per heavy atom. The Balaban J connectivity index is 2.61. The summed E-state index contributed by atoms with van der Waals surface area (Å²) in [5.74, 6) is 0.378. The predicted octanol–water partition coefficient (Wildman–Crippen LogP) is 2.56. The number of hydrogen-bond donors (Lipinski definition) is 1. The Hall–Kier alpha value is -1.13. The third kappa shape index (κ3) is 3.85.